The first-order chi connectivity index (χ1) is 13.4. The molecule has 0 aliphatic heterocycles. The number of rotatable bonds is 4. The molecule has 0 atom stereocenters. The van der Waals surface area contributed by atoms with E-state index in [0.29, 0.717) is 11.8 Å². The molecule has 0 radical (unpaired) electrons. The summed E-state index contributed by atoms with van der Waals surface area (Å²) in [5, 5.41) is 10.1. The molecule has 4 heteroatoms. The van der Waals surface area contributed by atoms with E-state index in [2.05, 4.69) is 50.9 Å². The summed E-state index contributed by atoms with van der Waals surface area (Å²) < 4.78 is 2.36. The minimum Gasteiger partial charge on any atom is -0.299 e. The van der Waals surface area contributed by atoms with Crippen molar-refractivity contribution < 1.29 is 0 Å². The maximum Gasteiger partial charge on any atom is 0.192 e. The van der Waals surface area contributed by atoms with Gasteiger partial charge in [0.2, 0.25) is 0 Å². The minimum absolute atomic E-state index is 0.494. The lowest BCUT2D eigenvalue weighted by molar-refractivity contribution is 0.339. The van der Waals surface area contributed by atoms with Crippen LogP contribution in [0.5, 0.6) is 0 Å². The summed E-state index contributed by atoms with van der Waals surface area (Å²) in [5.74, 6) is 8.19. The van der Waals surface area contributed by atoms with Gasteiger partial charge in [0.15, 0.2) is 11.0 Å². The van der Waals surface area contributed by atoms with Crippen molar-refractivity contribution in [3.8, 4) is 23.2 Å². The predicted octanol–water partition coefficient (Wildman–Crippen LogP) is 5.59. The molecule has 1 heterocycles. The maximum absolute atomic E-state index is 4.54. The van der Waals surface area contributed by atoms with Crippen LogP contribution < -0.4 is 0 Å². The lowest BCUT2D eigenvalue weighted by Crippen LogP contribution is -2.15. The summed E-state index contributed by atoms with van der Waals surface area (Å²) in [5.41, 5.74) is 2.19. The highest BCUT2D eigenvalue weighted by Gasteiger charge is 2.23. The van der Waals surface area contributed by atoms with Crippen LogP contribution in [0.25, 0.3) is 11.4 Å². The molecule has 2 aromatic carbocycles. The average Bonchev–Trinajstić information content (AvgIpc) is 3.17. The quantitative estimate of drug-likeness (QED) is 0.441. The number of hydrogen-bond acceptors (Lipinski definition) is 3. The Hall–Kier alpha value is -2.51. The van der Waals surface area contributed by atoms with E-state index >= 15 is 0 Å². The normalized spacial score (nSPS) is 14.5. The number of benzene rings is 2. The Morgan fingerprint density at radius 3 is 2.33 bits per heavy atom. The average molecular weight is 374 g/mol. The van der Waals surface area contributed by atoms with Gasteiger partial charge in [-0.15, -0.1) is 10.2 Å². The molecule has 0 saturated heterocycles. The van der Waals surface area contributed by atoms with E-state index in [1.807, 2.05) is 36.4 Å². The monoisotopic (exact) mass is 373 g/mol. The van der Waals surface area contributed by atoms with Crippen LogP contribution in [0.15, 0.2) is 65.8 Å². The Bertz CT molecular complexity index is 917. The number of nitrogens with zero attached hydrogens (tertiary/aromatic N) is 3. The van der Waals surface area contributed by atoms with E-state index in [0.717, 1.165) is 22.1 Å². The van der Waals surface area contributed by atoms with Gasteiger partial charge in [-0.2, -0.15) is 0 Å². The lowest BCUT2D eigenvalue weighted by atomic mass is 9.95. The smallest absolute Gasteiger partial charge is 0.192 e. The molecule has 0 amide bonds. The zero-order chi connectivity index (χ0) is 18.3. The fourth-order valence-electron chi connectivity index (χ4n) is 3.59. The first-order valence-electron chi connectivity index (χ1n) is 9.59. The molecule has 1 aliphatic rings. The van der Waals surface area contributed by atoms with E-state index in [4.69, 9.17) is 0 Å². The molecule has 1 saturated carbocycles. The molecular weight excluding hydrogens is 350 g/mol. The molecule has 4 rings (SSSR count). The molecule has 136 valence electrons. The molecule has 1 fully saturated rings. The van der Waals surface area contributed by atoms with Gasteiger partial charge < -0.3 is 0 Å². The van der Waals surface area contributed by atoms with E-state index in [9.17, 15) is 0 Å². The van der Waals surface area contributed by atoms with Gasteiger partial charge in [-0.25, -0.2) is 0 Å². The molecule has 0 N–H and O–H groups in total. The Morgan fingerprint density at radius 1 is 0.889 bits per heavy atom. The molecule has 0 bridgehead atoms. The van der Waals surface area contributed by atoms with Gasteiger partial charge in [0.1, 0.15) is 0 Å². The van der Waals surface area contributed by atoms with Crippen molar-refractivity contribution in [2.75, 3.05) is 5.75 Å². The lowest BCUT2D eigenvalue weighted by Gasteiger charge is -2.25. The van der Waals surface area contributed by atoms with Crippen molar-refractivity contribution in [3.05, 3.63) is 66.2 Å². The van der Waals surface area contributed by atoms with Crippen LogP contribution in [0.4, 0.5) is 0 Å². The largest absolute Gasteiger partial charge is 0.299 e. The Labute approximate surface area is 165 Å². The third-order valence-corrected chi connectivity index (χ3v) is 5.74. The fraction of sp³-hybridized carbons (Fsp3) is 0.304. The van der Waals surface area contributed by atoms with Gasteiger partial charge in [-0.3, -0.25) is 4.57 Å². The highest BCUT2D eigenvalue weighted by Crippen LogP contribution is 2.35. The molecule has 27 heavy (non-hydrogen) atoms. The minimum atomic E-state index is 0.494. The summed E-state index contributed by atoms with van der Waals surface area (Å²) in [4.78, 5) is 0. The van der Waals surface area contributed by atoms with E-state index in [-0.39, 0.29) is 0 Å². The molecule has 3 aromatic rings. The second-order valence-corrected chi connectivity index (χ2v) is 7.73. The first-order valence-corrected chi connectivity index (χ1v) is 10.6. The highest BCUT2D eigenvalue weighted by molar-refractivity contribution is 7.99. The second-order valence-electron chi connectivity index (χ2n) is 6.79. The van der Waals surface area contributed by atoms with E-state index in [1.54, 1.807) is 11.8 Å². The van der Waals surface area contributed by atoms with Gasteiger partial charge in [0.25, 0.3) is 0 Å². The van der Waals surface area contributed by atoms with Crippen molar-refractivity contribution in [1.29, 1.82) is 0 Å². The summed E-state index contributed by atoms with van der Waals surface area (Å²) in [6.45, 7) is 0. The molecule has 0 spiro atoms. The van der Waals surface area contributed by atoms with Crippen LogP contribution in [0.3, 0.4) is 0 Å². The van der Waals surface area contributed by atoms with Crippen molar-refractivity contribution >= 4 is 11.8 Å². The van der Waals surface area contributed by atoms with Crippen LogP contribution in [0.2, 0.25) is 0 Å². The van der Waals surface area contributed by atoms with Crippen molar-refractivity contribution in [2.24, 2.45) is 0 Å². The predicted molar refractivity (Wildman–Crippen MR) is 112 cm³/mol. The number of aromatic nitrogens is 3. The number of thioether (sulfide) groups is 1. The van der Waals surface area contributed by atoms with Gasteiger partial charge in [-0.05, 0) is 25.0 Å². The second kappa shape index (κ2) is 8.92. The Morgan fingerprint density at radius 2 is 1.59 bits per heavy atom. The van der Waals surface area contributed by atoms with Crippen LogP contribution in [-0.4, -0.2) is 20.5 Å². The maximum atomic E-state index is 4.54. The molecule has 0 unspecified atom stereocenters. The van der Waals surface area contributed by atoms with Crippen LogP contribution in [0.1, 0.15) is 43.7 Å². The summed E-state index contributed by atoms with van der Waals surface area (Å²) in [7, 11) is 0. The molecule has 1 aliphatic carbocycles. The topological polar surface area (TPSA) is 30.7 Å². The zero-order valence-electron chi connectivity index (χ0n) is 15.3. The first kappa shape index (κ1) is 17.9. The zero-order valence-corrected chi connectivity index (χ0v) is 16.2. The van der Waals surface area contributed by atoms with Gasteiger partial charge >= 0.3 is 0 Å². The number of hydrogen-bond donors (Lipinski definition) is 0. The van der Waals surface area contributed by atoms with Gasteiger partial charge in [-0.1, -0.05) is 91.4 Å². The summed E-state index contributed by atoms with van der Waals surface area (Å²) in [6.07, 6.45) is 6.33. The van der Waals surface area contributed by atoms with E-state index in [1.165, 1.54) is 32.1 Å². The summed E-state index contributed by atoms with van der Waals surface area (Å²) >= 11 is 1.69. The highest BCUT2D eigenvalue weighted by atomic mass is 32.2. The van der Waals surface area contributed by atoms with Gasteiger partial charge in [0, 0.05) is 17.2 Å². The van der Waals surface area contributed by atoms with Crippen molar-refractivity contribution in [3.63, 3.8) is 0 Å². The van der Waals surface area contributed by atoms with Crippen molar-refractivity contribution in [1.82, 2.24) is 14.8 Å². The van der Waals surface area contributed by atoms with Crippen LogP contribution in [0, 0.1) is 11.8 Å². The van der Waals surface area contributed by atoms with Crippen LogP contribution in [-0.2, 0) is 0 Å². The Kier molecular flexibility index (Phi) is 5.91. The van der Waals surface area contributed by atoms with E-state index < -0.39 is 0 Å². The van der Waals surface area contributed by atoms with Crippen molar-refractivity contribution in [2.45, 2.75) is 43.3 Å². The standard InChI is InChI=1S/C23H23N3S/c1-4-11-19(12-5-1)13-10-18-27-23-25-24-22(20-14-6-2-7-15-20)26(23)21-16-8-3-9-17-21/h1-2,4-7,11-12,14-15,21H,3,8-9,16-18H2. The summed E-state index contributed by atoms with van der Waals surface area (Å²) in [6, 6.07) is 21.0. The van der Waals surface area contributed by atoms with Gasteiger partial charge in [0.05, 0.1) is 5.75 Å². The third-order valence-electron chi connectivity index (χ3n) is 4.92. The molecule has 3 nitrogen and oxygen atoms in total. The molecule has 1 aromatic heterocycles. The Balaban J connectivity index is 1.57. The fourth-order valence-corrected chi connectivity index (χ4v) is 4.33. The molecular formula is C23H23N3S. The third kappa shape index (κ3) is 4.43. The SMILES string of the molecule is C(#Cc1ccccc1)CSc1nnc(-c2ccccc2)n1C1CCCCC1. The van der Waals surface area contributed by atoms with Crippen LogP contribution >= 0.6 is 11.8 Å².